The van der Waals surface area contributed by atoms with Crippen molar-refractivity contribution in [1.82, 2.24) is 9.88 Å². The largest absolute Gasteiger partial charge is 0.466 e. The van der Waals surface area contributed by atoms with Crippen molar-refractivity contribution in [2.45, 2.75) is 26.3 Å². The lowest BCUT2D eigenvalue weighted by molar-refractivity contribution is -0.150. The van der Waals surface area contributed by atoms with E-state index in [1.807, 2.05) is 19.1 Å². The summed E-state index contributed by atoms with van der Waals surface area (Å²) >= 11 is 0. The second-order valence-corrected chi connectivity index (χ2v) is 6.39. The Morgan fingerprint density at radius 3 is 3.00 bits per heavy atom. The predicted octanol–water partition coefficient (Wildman–Crippen LogP) is 3.66. The topological polar surface area (TPSA) is 42.4 Å². The van der Waals surface area contributed by atoms with Gasteiger partial charge in [0, 0.05) is 36.6 Å². The zero-order valence-corrected chi connectivity index (χ0v) is 14.5. The maximum atomic E-state index is 14.0. The van der Waals surface area contributed by atoms with Crippen LogP contribution in [0.15, 0.2) is 42.7 Å². The molecule has 1 aromatic carbocycles. The highest BCUT2D eigenvalue weighted by Crippen LogP contribution is 2.24. The summed E-state index contributed by atoms with van der Waals surface area (Å²) in [7, 11) is 0. The molecule has 0 spiro atoms. The summed E-state index contributed by atoms with van der Waals surface area (Å²) in [5, 5.41) is 0. The number of nitrogens with zero attached hydrogens (tertiary/aromatic N) is 2. The maximum absolute atomic E-state index is 14.0. The number of hydrogen-bond acceptors (Lipinski definition) is 4. The molecule has 1 aromatic heterocycles. The third-order valence-electron chi connectivity index (χ3n) is 4.51. The summed E-state index contributed by atoms with van der Waals surface area (Å²) in [5.41, 5.74) is 2.35. The van der Waals surface area contributed by atoms with Crippen LogP contribution >= 0.6 is 0 Å². The molecule has 25 heavy (non-hydrogen) atoms. The first-order chi connectivity index (χ1) is 12.2. The van der Waals surface area contributed by atoms with Crippen molar-refractivity contribution in [2.24, 2.45) is 5.92 Å². The van der Waals surface area contributed by atoms with Gasteiger partial charge in [0.2, 0.25) is 0 Å². The second-order valence-electron chi connectivity index (χ2n) is 6.39. The number of aromatic nitrogens is 1. The van der Waals surface area contributed by atoms with Gasteiger partial charge in [0.25, 0.3) is 0 Å². The molecular formula is C20H23FN2O2. The van der Waals surface area contributed by atoms with Crippen LogP contribution in [0.2, 0.25) is 0 Å². The predicted molar refractivity (Wildman–Crippen MR) is 94.3 cm³/mol. The minimum absolute atomic E-state index is 0.0589. The van der Waals surface area contributed by atoms with Crippen LogP contribution in [0.4, 0.5) is 4.39 Å². The van der Waals surface area contributed by atoms with Gasteiger partial charge in [-0.15, -0.1) is 0 Å². The number of rotatable bonds is 5. The second kappa shape index (κ2) is 8.21. The van der Waals surface area contributed by atoms with Gasteiger partial charge in [-0.25, -0.2) is 4.39 Å². The van der Waals surface area contributed by atoms with Crippen molar-refractivity contribution in [1.29, 1.82) is 0 Å². The van der Waals surface area contributed by atoms with Crippen molar-refractivity contribution in [2.75, 3.05) is 19.7 Å². The smallest absolute Gasteiger partial charge is 0.310 e. The van der Waals surface area contributed by atoms with E-state index in [1.54, 1.807) is 24.5 Å². The first-order valence-corrected chi connectivity index (χ1v) is 8.75. The van der Waals surface area contributed by atoms with Crippen LogP contribution in [0, 0.1) is 11.7 Å². The summed E-state index contributed by atoms with van der Waals surface area (Å²) in [6.45, 7) is 4.59. The molecule has 4 nitrogen and oxygen atoms in total. The van der Waals surface area contributed by atoms with E-state index >= 15 is 0 Å². The number of carbonyl (C=O) groups excluding carboxylic acids is 1. The minimum atomic E-state index is -0.248. The summed E-state index contributed by atoms with van der Waals surface area (Å²) in [6, 6.07) is 8.68. The SMILES string of the molecule is CCOC(=O)[C@H]1CCCN(Cc2cncc(-c3ccccc3F)c2)C1. The van der Waals surface area contributed by atoms with Gasteiger partial charge in [-0.3, -0.25) is 14.7 Å². The normalized spacial score (nSPS) is 18.1. The molecule has 0 aliphatic carbocycles. The van der Waals surface area contributed by atoms with Crippen LogP contribution in [-0.2, 0) is 16.1 Å². The number of likely N-dealkylation sites (tertiary alicyclic amines) is 1. The Kier molecular flexibility index (Phi) is 5.76. The van der Waals surface area contributed by atoms with Crippen molar-refractivity contribution >= 4 is 5.97 Å². The highest BCUT2D eigenvalue weighted by Gasteiger charge is 2.26. The van der Waals surface area contributed by atoms with Crippen LogP contribution < -0.4 is 0 Å². The fraction of sp³-hybridized carbons (Fsp3) is 0.400. The van der Waals surface area contributed by atoms with E-state index in [0.29, 0.717) is 25.3 Å². The number of halogens is 1. The maximum Gasteiger partial charge on any atom is 0.310 e. The average molecular weight is 342 g/mol. The van der Waals surface area contributed by atoms with E-state index in [1.165, 1.54) is 6.07 Å². The van der Waals surface area contributed by atoms with Crippen LogP contribution in [-0.4, -0.2) is 35.5 Å². The van der Waals surface area contributed by atoms with E-state index in [9.17, 15) is 9.18 Å². The lowest BCUT2D eigenvalue weighted by Crippen LogP contribution is -2.38. The molecule has 5 heteroatoms. The molecule has 132 valence electrons. The van der Waals surface area contributed by atoms with Crippen molar-refractivity contribution in [3.63, 3.8) is 0 Å². The first kappa shape index (κ1) is 17.5. The molecule has 0 radical (unpaired) electrons. The molecule has 0 bridgehead atoms. The number of benzene rings is 1. The van der Waals surface area contributed by atoms with E-state index in [-0.39, 0.29) is 17.7 Å². The monoisotopic (exact) mass is 342 g/mol. The quantitative estimate of drug-likeness (QED) is 0.778. The molecule has 0 saturated carbocycles. The van der Waals surface area contributed by atoms with Gasteiger partial charge in [0.05, 0.1) is 12.5 Å². The number of piperidine rings is 1. The van der Waals surface area contributed by atoms with Crippen molar-refractivity contribution in [3.05, 3.63) is 54.1 Å². The summed E-state index contributed by atoms with van der Waals surface area (Å²) in [5.74, 6) is -0.413. The molecule has 0 amide bonds. The lowest BCUT2D eigenvalue weighted by Gasteiger charge is -2.31. The molecule has 2 aromatic rings. The molecule has 1 aliphatic heterocycles. The number of carbonyl (C=O) groups is 1. The molecular weight excluding hydrogens is 319 g/mol. The van der Waals surface area contributed by atoms with Gasteiger partial charge in [0.15, 0.2) is 0 Å². The fourth-order valence-electron chi connectivity index (χ4n) is 3.33. The molecule has 1 aliphatic rings. The lowest BCUT2D eigenvalue weighted by atomic mass is 9.97. The zero-order valence-electron chi connectivity index (χ0n) is 14.5. The van der Waals surface area contributed by atoms with Gasteiger partial charge in [-0.1, -0.05) is 18.2 Å². The van der Waals surface area contributed by atoms with Crippen molar-refractivity contribution < 1.29 is 13.9 Å². The van der Waals surface area contributed by atoms with E-state index < -0.39 is 0 Å². The number of pyridine rings is 1. The van der Waals surface area contributed by atoms with Gasteiger partial charge >= 0.3 is 5.97 Å². The molecule has 1 atom stereocenters. The molecule has 0 N–H and O–H groups in total. The molecule has 1 saturated heterocycles. The third kappa shape index (κ3) is 4.42. The van der Waals surface area contributed by atoms with Crippen LogP contribution in [0.3, 0.4) is 0 Å². The van der Waals surface area contributed by atoms with Crippen LogP contribution in [0.25, 0.3) is 11.1 Å². The number of hydrogen-bond donors (Lipinski definition) is 0. The van der Waals surface area contributed by atoms with E-state index in [4.69, 9.17) is 4.74 Å². The van der Waals surface area contributed by atoms with E-state index in [0.717, 1.165) is 30.5 Å². The number of ether oxygens (including phenoxy) is 1. The molecule has 2 heterocycles. The standard InChI is InChI=1S/C20H23FN2O2/c1-2-25-20(24)16-6-5-9-23(14-16)13-15-10-17(12-22-11-15)18-7-3-4-8-19(18)21/h3-4,7-8,10-12,16H,2,5-6,9,13-14H2,1H3/t16-/m0/s1. The van der Waals surface area contributed by atoms with Gasteiger partial charge in [0.1, 0.15) is 5.82 Å². The molecule has 0 unspecified atom stereocenters. The molecule has 1 fully saturated rings. The Bertz CT molecular complexity index is 735. The Morgan fingerprint density at radius 1 is 1.36 bits per heavy atom. The van der Waals surface area contributed by atoms with Gasteiger partial charge in [-0.05, 0) is 44.0 Å². The Hall–Kier alpha value is -2.27. The Morgan fingerprint density at radius 2 is 2.20 bits per heavy atom. The van der Waals surface area contributed by atoms with Crippen LogP contribution in [0.5, 0.6) is 0 Å². The van der Waals surface area contributed by atoms with Gasteiger partial charge < -0.3 is 4.74 Å². The summed E-state index contributed by atoms with van der Waals surface area (Å²) in [4.78, 5) is 18.5. The zero-order chi connectivity index (χ0) is 17.6. The average Bonchev–Trinajstić information content (AvgIpc) is 2.63. The van der Waals surface area contributed by atoms with E-state index in [2.05, 4.69) is 9.88 Å². The fourth-order valence-corrected chi connectivity index (χ4v) is 3.33. The highest BCUT2D eigenvalue weighted by atomic mass is 19.1. The Balaban J connectivity index is 1.70. The van der Waals surface area contributed by atoms with Crippen LogP contribution in [0.1, 0.15) is 25.3 Å². The molecule has 3 rings (SSSR count). The number of esters is 1. The highest BCUT2D eigenvalue weighted by molar-refractivity contribution is 5.72. The Labute approximate surface area is 147 Å². The van der Waals surface area contributed by atoms with Crippen molar-refractivity contribution in [3.8, 4) is 11.1 Å². The summed E-state index contributed by atoms with van der Waals surface area (Å²) in [6.07, 6.45) is 5.34. The van der Waals surface area contributed by atoms with Gasteiger partial charge in [-0.2, -0.15) is 0 Å². The summed E-state index contributed by atoms with van der Waals surface area (Å²) < 4.78 is 19.1. The first-order valence-electron chi connectivity index (χ1n) is 8.75. The third-order valence-corrected chi connectivity index (χ3v) is 4.51. The minimum Gasteiger partial charge on any atom is -0.466 e.